The molecule has 4 N–H and O–H groups in total. The maximum absolute atomic E-state index is 12.8. The van der Waals surface area contributed by atoms with Gasteiger partial charge in [-0.1, -0.05) is 18.2 Å². The molecule has 1 aliphatic heterocycles. The highest BCUT2D eigenvalue weighted by atomic mass is 16.6. The Morgan fingerprint density at radius 1 is 0.947 bits per heavy atom. The first-order valence-corrected chi connectivity index (χ1v) is 11.3. The molecular formula is C26H19N5O7. The molecule has 3 aromatic rings. The third kappa shape index (κ3) is 4.30. The number of amides is 2. The smallest absolute Gasteiger partial charge is 0.269 e. The van der Waals surface area contributed by atoms with Crippen molar-refractivity contribution in [2.45, 2.75) is 11.8 Å². The number of fused-ring (bicyclic) bond motifs is 2. The van der Waals surface area contributed by atoms with Crippen LogP contribution in [0.3, 0.4) is 0 Å². The molecule has 38 heavy (non-hydrogen) atoms. The molecule has 12 nitrogen and oxygen atoms in total. The van der Waals surface area contributed by atoms with E-state index in [9.17, 15) is 29.8 Å². The van der Waals surface area contributed by atoms with E-state index < -0.39 is 27.1 Å². The third-order valence-corrected chi connectivity index (χ3v) is 6.37. The Bertz CT molecular complexity index is 1560. The normalized spacial score (nSPS) is 17.4. The number of nitro groups is 2. The molecule has 0 saturated carbocycles. The van der Waals surface area contributed by atoms with Crippen molar-refractivity contribution in [2.75, 3.05) is 10.6 Å². The Morgan fingerprint density at radius 2 is 1.58 bits per heavy atom. The molecule has 0 bridgehead atoms. The minimum absolute atomic E-state index is 0.0957. The minimum Gasteiger partial charge on any atom is -0.453 e. The average Bonchev–Trinajstić information content (AvgIpc) is 2.91. The van der Waals surface area contributed by atoms with Crippen molar-refractivity contribution in [2.24, 2.45) is 5.73 Å². The van der Waals surface area contributed by atoms with Crippen LogP contribution < -0.4 is 21.1 Å². The first kappa shape index (κ1) is 24.2. The van der Waals surface area contributed by atoms with Crippen molar-refractivity contribution >= 4 is 34.6 Å². The molecule has 2 aliphatic rings. The van der Waals surface area contributed by atoms with Crippen LogP contribution in [0.1, 0.15) is 22.3 Å². The SMILES string of the molecule is NC(=O)C1(c2ccc([N+](=O)[O-])cc2)C=C2Oc3cc(C(=O)Nc4ccc([N+](=O)[O-])cc4)ccc3NC2=CC1. The van der Waals surface area contributed by atoms with Gasteiger partial charge >= 0.3 is 0 Å². The monoisotopic (exact) mass is 513 g/mol. The van der Waals surface area contributed by atoms with Gasteiger partial charge in [-0.3, -0.25) is 29.8 Å². The number of benzene rings is 3. The second kappa shape index (κ2) is 9.17. The van der Waals surface area contributed by atoms with Crippen LogP contribution in [0.5, 0.6) is 5.75 Å². The van der Waals surface area contributed by atoms with Crippen LogP contribution in [0.15, 0.2) is 90.3 Å². The van der Waals surface area contributed by atoms with Gasteiger partial charge in [0.25, 0.3) is 17.3 Å². The largest absolute Gasteiger partial charge is 0.453 e. The molecule has 0 spiro atoms. The van der Waals surface area contributed by atoms with Gasteiger partial charge in [0.05, 0.1) is 26.6 Å². The summed E-state index contributed by atoms with van der Waals surface area (Å²) in [6.07, 6.45) is 3.55. The lowest BCUT2D eigenvalue weighted by Crippen LogP contribution is -2.42. The van der Waals surface area contributed by atoms with E-state index in [0.29, 0.717) is 34.1 Å². The van der Waals surface area contributed by atoms with Gasteiger partial charge in [-0.2, -0.15) is 0 Å². The summed E-state index contributed by atoms with van der Waals surface area (Å²) in [6, 6.07) is 15.8. The number of nitro benzene ring substituents is 2. The summed E-state index contributed by atoms with van der Waals surface area (Å²) < 4.78 is 6.07. The number of nitrogens with zero attached hydrogens (tertiary/aromatic N) is 2. The highest BCUT2D eigenvalue weighted by molar-refractivity contribution is 6.05. The standard InChI is InChI=1S/C26H19N5O7/c27-25(33)26(16-2-6-18(7-3-16)30(34)35)12-11-21-23(14-26)38-22-13-15(1-10-20(22)29-21)24(32)28-17-4-8-19(9-5-17)31(36)37/h1-11,13-14,29H,12H2,(H2,27,33)(H,28,32). The zero-order chi connectivity index (χ0) is 27.0. The summed E-state index contributed by atoms with van der Waals surface area (Å²) in [4.78, 5) is 46.2. The quantitative estimate of drug-likeness (QED) is 0.325. The number of allylic oxidation sites excluding steroid dienone is 1. The number of primary amides is 1. The fraction of sp³-hybridized carbons (Fsp3) is 0.0769. The molecule has 2 amide bonds. The highest BCUT2D eigenvalue weighted by Crippen LogP contribution is 2.43. The summed E-state index contributed by atoms with van der Waals surface area (Å²) in [7, 11) is 0. The molecule has 0 aromatic heterocycles. The Hall–Kier alpha value is -5.52. The zero-order valence-corrected chi connectivity index (χ0v) is 19.5. The summed E-state index contributed by atoms with van der Waals surface area (Å²) >= 11 is 0. The second-order valence-corrected chi connectivity index (χ2v) is 8.67. The zero-order valence-electron chi connectivity index (χ0n) is 19.5. The fourth-order valence-corrected chi connectivity index (χ4v) is 4.30. The molecule has 1 heterocycles. The van der Waals surface area contributed by atoms with Gasteiger partial charge in [-0.25, -0.2) is 0 Å². The number of hydrogen-bond donors (Lipinski definition) is 3. The van der Waals surface area contributed by atoms with E-state index in [0.717, 1.165) is 0 Å². The molecule has 3 aromatic carbocycles. The van der Waals surface area contributed by atoms with Gasteiger partial charge in [0.1, 0.15) is 5.76 Å². The number of non-ortho nitro benzene ring substituents is 2. The highest BCUT2D eigenvalue weighted by Gasteiger charge is 2.41. The topological polar surface area (TPSA) is 180 Å². The summed E-state index contributed by atoms with van der Waals surface area (Å²) in [6.45, 7) is 0. The molecule has 0 saturated heterocycles. The van der Waals surface area contributed by atoms with E-state index in [-0.39, 0.29) is 23.4 Å². The van der Waals surface area contributed by atoms with Gasteiger partial charge in [-0.15, -0.1) is 0 Å². The maximum atomic E-state index is 12.8. The van der Waals surface area contributed by atoms with Crippen molar-refractivity contribution in [3.8, 4) is 5.75 Å². The number of carbonyl (C=O) groups excluding carboxylic acids is 2. The van der Waals surface area contributed by atoms with Crippen LogP contribution in [0, 0.1) is 20.2 Å². The van der Waals surface area contributed by atoms with Crippen molar-refractivity contribution in [1.29, 1.82) is 0 Å². The lowest BCUT2D eigenvalue weighted by Gasteiger charge is -2.34. The van der Waals surface area contributed by atoms with Crippen LogP contribution >= 0.6 is 0 Å². The first-order chi connectivity index (χ1) is 18.2. The van der Waals surface area contributed by atoms with Gasteiger partial charge in [0.15, 0.2) is 5.75 Å². The van der Waals surface area contributed by atoms with E-state index in [4.69, 9.17) is 10.5 Å². The van der Waals surface area contributed by atoms with Gasteiger partial charge in [0.2, 0.25) is 5.91 Å². The Morgan fingerprint density at radius 3 is 2.18 bits per heavy atom. The molecule has 1 aliphatic carbocycles. The summed E-state index contributed by atoms with van der Waals surface area (Å²) in [5.41, 5.74) is 6.63. The molecular weight excluding hydrogens is 494 g/mol. The minimum atomic E-state index is -1.29. The first-order valence-electron chi connectivity index (χ1n) is 11.3. The molecule has 1 unspecified atom stereocenters. The number of rotatable bonds is 6. The number of hydrogen-bond acceptors (Lipinski definition) is 8. The molecule has 1 atom stereocenters. The van der Waals surface area contributed by atoms with Gasteiger partial charge in [-0.05, 0) is 48.4 Å². The van der Waals surface area contributed by atoms with E-state index in [1.807, 2.05) is 0 Å². The number of anilines is 2. The van der Waals surface area contributed by atoms with Crippen molar-refractivity contribution in [3.63, 3.8) is 0 Å². The predicted octanol–water partition coefficient (Wildman–Crippen LogP) is 4.15. The van der Waals surface area contributed by atoms with Crippen LogP contribution in [0.4, 0.5) is 22.7 Å². The van der Waals surface area contributed by atoms with E-state index in [2.05, 4.69) is 10.6 Å². The molecule has 190 valence electrons. The third-order valence-electron chi connectivity index (χ3n) is 6.37. The van der Waals surface area contributed by atoms with Crippen molar-refractivity contribution in [1.82, 2.24) is 0 Å². The maximum Gasteiger partial charge on any atom is 0.269 e. The molecule has 5 rings (SSSR count). The predicted molar refractivity (Wildman–Crippen MR) is 136 cm³/mol. The number of carbonyl (C=O) groups is 2. The Labute approximate surface area is 214 Å². The molecule has 0 radical (unpaired) electrons. The second-order valence-electron chi connectivity index (χ2n) is 8.67. The number of nitrogens with two attached hydrogens (primary N) is 1. The lowest BCUT2D eigenvalue weighted by atomic mass is 9.73. The van der Waals surface area contributed by atoms with E-state index in [1.165, 1.54) is 54.6 Å². The molecule has 12 heteroatoms. The Balaban J connectivity index is 1.41. The summed E-state index contributed by atoms with van der Waals surface area (Å²) in [5, 5.41) is 27.8. The van der Waals surface area contributed by atoms with Crippen molar-refractivity contribution in [3.05, 3.63) is 122 Å². The number of nitrogens with one attached hydrogen (secondary N) is 2. The van der Waals surface area contributed by atoms with Gasteiger partial charge in [0, 0.05) is 35.5 Å². The van der Waals surface area contributed by atoms with Crippen LogP contribution in [-0.4, -0.2) is 21.7 Å². The van der Waals surface area contributed by atoms with E-state index in [1.54, 1.807) is 24.3 Å². The Kier molecular flexibility index (Phi) is 5.84. The van der Waals surface area contributed by atoms with Crippen molar-refractivity contribution < 1.29 is 24.2 Å². The lowest BCUT2D eigenvalue weighted by molar-refractivity contribution is -0.385. The summed E-state index contributed by atoms with van der Waals surface area (Å²) in [5.74, 6) is -0.469. The molecule has 0 fully saturated rings. The van der Waals surface area contributed by atoms with Crippen LogP contribution in [0.25, 0.3) is 0 Å². The van der Waals surface area contributed by atoms with Crippen LogP contribution in [0.2, 0.25) is 0 Å². The van der Waals surface area contributed by atoms with E-state index >= 15 is 0 Å². The fourth-order valence-electron chi connectivity index (χ4n) is 4.30. The number of ether oxygens (including phenoxy) is 1. The van der Waals surface area contributed by atoms with Crippen LogP contribution in [-0.2, 0) is 10.2 Å². The van der Waals surface area contributed by atoms with Gasteiger partial charge < -0.3 is 21.1 Å². The average molecular weight is 513 g/mol.